The van der Waals surface area contributed by atoms with Crippen LogP contribution < -0.4 is 0 Å². The molecule has 19 heavy (non-hydrogen) atoms. The molecule has 1 N–H and O–H groups in total. The van der Waals surface area contributed by atoms with Crippen molar-refractivity contribution in [2.24, 2.45) is 0 Å². The minimum Gasteiger partial charge on any atom is -0.385 e. The molecule has 2 aromatic rings. The molecule has 1 atom stereocenters. The predicted molar refractivity (Wildman–Crippen MR) is 75.9 cm³/mol. The molecule has 0 bridgehead atoms. The molecule has 0 saturated heterocycles. The molecule has 1 nitrogen and oxygen atoms in total. The van der Waals surface area contributed by atoms with E-state index in [-0.39, 0.29) is 5.82 Å². The molecule has 0 heterocycles. The maximum absolute atomic E-state index is 13.3. The maximum atomic E-state index is 13.3. The molecule has 0 fully saturated rings. The molecule has 0 spiro atoms. The summed E-state index contributed by atoms with van der Waals surface area (Å²) in [6.45, 7) is 3.42. The summed E-state index contributed by atoms with van der Waals surface area (Å²) in [5, 5.41) is 11.2. The molecule has 0 radical (unpaired) electrons. The Hall–Kier alpha value is -1.38. The lowest BCUT2D eigenvalue weighted by atomic mass is 9.88. The Labute approximate surface area is 117 Å². The Balaban J connectivity index is 2.26. The third-order valence-corrected chi connectivity index (χ3v) is 3.49. The van der Waals surface area contributed by atoms with Crippen molar-refractivity contribution in [1.29, 1.82) is 0 Å². The zero-order chi connectivity index (χ0) is 14.0. The second-order valence-electron chi connectivity index (χ2n) is 5.04. The van der Waals surface area contributed by atoms with Crippen LogP contribution in [-0.2, 0) is 12.0 Å². The van der Waals surface area contributed by atoms with Crippen LogP contribution in [0.5, 0.6) is 0 Å². The van der Waals surface area contributed by atoms with Crippen LogP contribution in [0.4, 0.5) is 4.39 Å². The van der Waals surface area contributed by atoms with Gasteiger partial charge in [-0.3, -0.25) is 0 Å². The molecular formula is C16H16ClFO. The van der Waals surface area contributed by atoms with Crippen LogP contribution in [0.25, 0.3) is 0 Å². The van der Waals surface area contributed by atoms with Gasteiger partial charge >= 0.3 is 0 Å². The standard InChI is InChI=1S/C16H16ClFO/c1-11-9-13(5-8-15(11)18)16(2,19)10-12-3-6-14(17)7-4-12/h3-9,19H,10H2,1-2H3. The van der Waals surface area contributed by atoms with Gasteiger partial charge in [-0.25, -0.2) is 4.39 Å². The van der Waals surface area contributed by atoms with Gasteiger partial charge in [0.1, 0.15) is 5.82 Å². The fourth-order valence-electron chi connectivity index (χ4n) is 2.08. The van der Waals surface area contributed by atoms with Gasteiger partial charge in [-0.15, -0.1) is 0 Å². The Kier molecular flexibility index (Phi) is 3.93. The summed E-state index contributed by atoms with van der Waals surface area (Å²) in [6.07, 6.45) is 0.454. The molecule has 2 aromatic carbocycles. The zero-order valence-electron chi connectivity index (χ0n) is 11.0. The average Bonchev–Trinajstić information content (AvgIpc) is 2.35. The number of halogens is 2. The Bertz CT molecular complexity index is 576. The number of aliphatic hydroxyl groups is 1. The van der Waals surface area contributed by atoms with E-state index < -0.39 is 5.60 Å². The van der Waals surface area contributed by atoms with E-state index in [1.807, 2.05) is 12.1 Å². The van der Waals surface area contributed by atoms with Gasteiger partial charge in [0.25, 0.3) is 0 Å². The normalized spacial score (nSPS) is 14.2. The first kappa shape index (κ1) is 14.0. The first-order chi connectivity index (χ1) is 8.88. The van der Waals surface area contributed by atoms with Crippen molar-refractivity contribution in [2.45, 2.75) is 25.9 Å². The van der Waals surface area contributed by atoms with E-state index in [4.69, 9.17) is 11.6 Å². The second-order valence-corrected chi connectivity index (χ2v) is 5.48. The lowest BCUT2D eigenvalue weighted by Crippen LogP contribution is -2.24. The van der Waals surface area contributed by atoms with Crippen molar-refractivity contribution in [3.05, 3.63) is 70.0 Å². The quantitative estimate of drug-likeness (QED) is 0.890. The van der Waals surface area contributed by atoms with E-state index in [0.717, 1.165) is 5.56 Å². The third kappa shape index (κ3) is 3.34. The molecule has 0 aliphatic carbocycles. The van der Waals surface area contributed by atoms with Crippen LogP contribution in [-0.4, -0.2) is 5.11 Å². The highest BCUT2D eigenvalue weighted by Crippen LogP contribution is 2.27. The topological polar surface area (TPSA) is 20.2 Å². The molecule has 0 aliphatic heterocycles. The zero-order valence-corrected chi connectivity index (χ0v) is 11.7. The van der Waals surface area contributed by atoms with Gasteiger partial charge in [0.15, 0.2) is 0 Å². The fraction of sp³-hybridized carbons (Fsp3) is 0.250. The predicted octanol–water partition coefficient (Wildman–Crippen LogP) is 4.24. The van der Waals surface area contributed by atoms with E-state index in [1.54, 1.807) is 38.1 Å². The third-order valence-electron chi connectivity index (χ3n) is 3.24. The van der Waals surface area contributed by atoms with E-state index in [2.05, 4.69) is 0 Å². The SMILES string of the molecule is Cc1cc(C(C)(O)Cc2ccc(Cl)cc2)ccc1F. The summed E-state index contributed by atoms with van der Waals surface area (Å²) in [5.74, 6) is -0.258. The number of benzene rings is 2. The maximum Gasteiger partial charge on any atom is 0.126 e. The van der Waals surface area contributed by atoms with Crippen molar-refractivity contribution in [2.75, 3.05) is 0 Å². The fourth-order valence-corrected chi connectivity index (χ4v) is 2.21. The summed E-state index contributed by atoms with van der Waals surface area (Å²) < 4.78 is 13.3. The molecule has 0 amide bonds. The van der Waals surface area contributed by atoms with Crippen molar-refractivity contribution in [3.63, 3.8) is 0 Å². The van der Waals surface area contributed by atoms with E-state index >= 15 is 0 Å². The number of hydrogen-bond donors (Lipinski definition) is 1. The van der Waals surface area contributed by atoms with Gasteiger partial charge in [-0.1, -0.05) is 35.9 Å². The summed E-state index contributed by atoms with van der Waals surface area (Å²) in [7, 11) is 0. The van der Waals surface area contributed by atoms with Crippen LogP contribution in [0.2, 0.25) is 5.02 Å². The Morgan fingerprint density at radius 2 is 1.79 bits per heavy atom. The van der Waals surface area contributed by atoms with Gasteiger partial charge in [0, 0.05) is 11.4 Å². The van der Waals surface area contributed by atoms with Crippen LogP contribution in [0.15, 0.2) is 42.5 Å². The summed E-state index contributed by atoms with van der Waals surface area (Å²) in [6, 6.07) is 12.1. The van der Waals surface area contributed by atoms with Crippen molar-refractivity contribution in [1.82, 2.24) is 0 Å². The second kappa shape index (κ2) is 5.32. The van der Waals surface area contributed by atoms with Crippen molar-refractivity contribution >= 4 is 11.6 Å². The minimum atomic E-state index is -1.04. The van der Waals surface area contributed by atoms with Crippen LogP contribution in [0.1, 0.15) is 23.6 Å². The molecular weight excluding hydrogens is 263 g/mol. The number of rotatable bonds is 3. The lowest BCUT2D eigenvalue weighted by Gasteiger charge is -2.24. The molecule has 100 valence electrons. The average molecular weight is 279 g/mol. The van der Waals surface area contributed by atoms with Crippen LogP contribution in [0.3, 0.4) is 0 Å². The van der Waals surface area contributed by atoms with Gasteiger partial charge < -0.3 is 5.11 Å². The number of aryl methyl sites for hydroxylation is 1. The first-order valence-corrected chi connectivity index (χ1v) is 6.50. The monoisotopic (exact) mass is 278 g/mol. The smallest absolute Gasteiger partial charge is 0.126 e. The molecule has 0 aliphatic rings. The van der Waals surface area contributed by atoms with Crippen LogP contribution in [0, 0.1) is 12.7 Å². The largest absolute Gasteiger partial charge is 0.385 e. The van der Waals surface area contributed by atoms with Crippen LogP contribution >= 0.6 is 11.6 Å². The van der Waals surface area contributed by atoms with Gasteiger partial charge in [0.2, 0.25) is 0 Å². The highest BCUT2D eigenvalue weighted by Gasteiger charge is 2.24. The van der Waals surface area contributed by atoms with E-state index in [1.165, 1.54) is 6.07 Å². The highest BCUT2D eigenvalue weighted by atomic mass is 35.5. The molecule has 1 unspecified atom stereocenters. The van der Waals surface area contributed by atoms with Gasteiger partial charge in [-0.05, 0) is 48.7 Å². The summed E-state index contributed by atoms with van der Waals surface area (Å²) in [5.41, 5.74) is 1.19. The van der Waals surface area contributed by atoms with Crippen molar-refractivity contribution in [3.8, 4) is 0 Å². The van der Waals surface area contributed by atoms with Gasteiger partial charge in [-0.2, -0.15) is 0 Å². The Morgan fingerprint density at radius 1 is 1.16 bits per heavy atom. The number of hydrogen-bond acceptors (Lipinski definition) is 1. The summed E-state index contributed by atoms with van der Waals surface area (Å²) in [4.78, 5) is 0. The van der Waals surface area contributed by atoms with Crippen molar-refractivity contribution < 1.29 is 9.50 Å². The van der Waals surface area contributed by atoms with Gasteiger partial charge in [0.05, 0.1) is 5.60 Å². The highest BCUT2D eigenvalue weighted by molar-refractivity contribution is 6.30. The molecule has 0 aromatic heterocycles. The molecule has 0 saturated carbocycles. The van der Waals surface area contributed by atoms with E-state index in [0.29, 0.717) is 22.6 Å². The Morgan fingerprint density at radius 3 is 2.37 bits per heavy atom. The lowest BCUT2D eigenvalue weighted by molar-refractivity contribution is 0.0575. The molecule has 3 heteroatoms. The summed E-state index contributed by atoms with van der Waals surface area (Å²) >= 11 is 5.83. The molecule has 2 rings (SSSR count). The minimum absolute atomic E-state index is 0.258. The van der Waals surface area contributed by atoms with E-state index in [9.17, 15) is 9.50 Å². The first-order valence-electron chi connectivity index (χ1n) is 6.12.